The smallest absolute Gasteiger partial charge is 0.407 e. The molecule has 6 heteroatoms. The maximum absolute atomic E-state index is 14.0. The molecule has 0 spiro atoms. The Morgan fingerprint density at radius 3 is 2.13 bits per heavy atom. The van der Waals surface area contributed by atoms with Gasteiger partial charge in [-0.2, -0.15) is 0 Å². The van der Waals surface area contributed by atoms with Crippen LogP contribution in [0.15, 0.2) is 12.1 Å². The zero-order valence-corrected chi connectivity index (χ0v) is 13.5. The minimum atomic E-state index is -0.806. The Morgan fingerprint density at radius 2 is 1.74 bits per heavy atom. The largest absolute Gasteiger partial charge is 0.444 e. The third-order valence-corrected chi connectivity index (χ3v) is 2.78. The van der Waals surface area contributed by atoms with Crippen molar-refractivity contribution < 1.29 is 18.3 Å². The third-order valence-electron chi connectivity index (χ3n) is 2.78. The summed E-state index contributed by atoms with van der Waals surface area (Å²) in [7, 11) is 0. The molecule has 0 bridgehead atoms. The molecule has 0 fully saturated rings. The normalized spacial score (nSPS) is 11.0. The van der Waals surface area contributed by atoms with Crippen molar-refractivity contribution in [2.75, 3.05) is 0 Å². The van der Waals surface area contributed by atoms with E-state index in [1.54, 1.807) is 34.6 Å². The molecule has 0 atom stereocenters. The molecule has 1 aromatic carbocycles. The first-order valence-electron chi connectivity index (χ1n) is 7.05. The molecule has 0 radical (unpaired) electrons. The van der Waals surface area contributed by atoms with Crippen molar-refractivity contribution in [2.24, 2.45) is 5.92 Å². The lowest BCUT2D eigenvalue weighted by atomic mass is 9.98. The van der Waals surface area contributed by atoms with Crippen molar-refractivity contribution in [3.63, 3.8) is 0 Å². The molecular formula is C17H26F2N2O2. The quantitative estimate of drug-likeness (QED) is 0.790. The van der Waals surface area contributed by atoms with Crippen molar-refractivity contribution >= 4 is 11.8 Å². The van der Waals surface area contributed by atoms with Gasteiger partial charge in [-0.05, 0) is 44.4 Å². The summed E-state index contributed by atoms with van der Waals surface area (Å²) in [6.45, 7) is 8.49. The Kier molecular flexibility index (Phi) is 7.34. The fourth-order valence-electron chi connectivity index (χ4n) is 1.76. The molecule has 2 N–H and O–H groups in total. The Labute approximate surface area is 136 Å². The molecule has 23 heavy (non-hydrogen) atoms. The summed E-state index contributed by atoms with van der Waals surface area (Å²) in [6.07, 6.45) is -0.660. The van der Waals surface area contributed by atoms with Crippen LogP contribution in [0.2, 0.25) is 0 Å². The number of benzene rings is 1. The molecule has 1 rings (SSSR count). The van der Waals surface area contributed by atoms with E-state index in [-0.39, 0.29) is 36.7 Å². The number of amides is 1. The van der Waals surface area contributed by atoms with Crippen LogP contribution in [0.4, 0.5) is 13.6 Å². The van der Waals surface area contributed by atoms with Crippen LogP contribution in [0, 0.1) is 23.0 Å². The van der Waals surface area contributed by atoms with Gasteiger partial charge in [-0.25, -0.2) is 13.6 Å². The van der Waals surface area contributed by atoms with Gasteiger partial charge in [-0.3, -0.25) is 0 Å². The van der Waals surface area contributed by atoms with Gasteiger partial charge in [0.25, 0.3) is 0 Å². The van der Waals surface area contributed by atoms with E-state index in [1.165, 1.54) is 0 Å². The van der Waals surface area contributed by atoms with E-state index in [9.17, 15) is 13.6 Å². The molecule has 0 unspecified atom stereocenters. The number of halogens is 2. The zero-order valence-electron chi connectivity index (χ0n) is 13.5. The fraction of sp³-hybridized carbons (Fsp3) is 0.529. The Hall–Kier alpha value is -1.98. The van der Waals surface area contributed by atoms with E-state index >= 15 is 0 Å². The fourth-order valence-corrected chi connectivity index (χ4v) is 1.76. The van der Waals surface area contributed by atoms with Gasteiger partial charge in [0.2, 0.25) is 0 Å². The summed E-state index contributed by atoms with van der Waals surface area (Å²) in [6, 6.07) is 2.24. The van der Waals surface area contributed by atoms with E-state index in [2.05, 4.69) is 5.32 Å². The minimum absolute atomic E-state index is 0. The second-order valence-electron chi connectivity index (χ2n) is 6.36. The molecule has 1 aromatic rings. The first kappa shape index (κ1) is 21.0. The Bertz CT molecular complexity index is 555. The van der Waals surface area contributed by atoms with E-state index in [0.717, 1.165) is 12.1 Å². The van der Waals surface area contributed by atoms with Crippen LogP contribution < -0.4 is 5.32 Å². The monoisotopic (exact) mass is 328 g/mol. The van der Waals surface area contributed by atoms with Crippen molar-refractivity contribution in [1.82, 2.24) is 5.32 Å². The van der Waals surface area contributed by atoms with Gasteiger partial charge in [0.15, 0.2) is 0 Å². The maximum Gasteiger partial charge on any atom is 0.407 e. The second kappa shape index (κ2) is 8.04. The van der Waals surface area contributed by atoms with Crippen molar-refractivity contribution in [1.29, 1.82) is 5.41 Å². The molecule has 0 heterocycles. The maximum atomic E-state index is 14.0. The number of carbonyl (C=O) groups excluding carboxylic acids is 1. The van der Waals surface area contributed by atoms with Crippen molar-refractivity contribution in [3.05, 3.63) is 34.9 Å². The molecule has 0 aliphatic heterocycles. The Morgan fingerprint density at radius 1 is 1.26 bits per heavy atom. The molecule has 0 aliphatic rings. The van der Waals surface area contributed by atoms with Crippen molar-refractivity contribution in [2.45, 2.75) is 54.2 Å². The molecule has 0 saturated carbocycles. The van der Waals surface area contributed by atoms with E-state index < -0.39 is 23.3 Å². The summed E-state index contributed by atoms with van der Waals surface area (Å²) >= 11 is 0. The first-order chi connectivity index (χ1) is 10.0. The number of ether oxygens (including phenoxy) is 1. The number of nitrogens with one attached hydrogen (secondary N) is 2. The van der Waals surface area contributed by atoms with Crippen LogP contribution in [0.3, 0.4) is 0 Å². The highest BCUT2D eigenvalue weighted by Crippen LogP contribution is 2.19. The van der Waals surface area contributed by atoms with Gasteiger partial charge in [-0.1, -0.05) is 21.3 Å². The number of hydrogen-bond donors (Lipinski definition) is 2. The topological polar surface area (TPSA) is 62.2 Å². The molecule has 0 aliphatic carbocycles. The van der Waals surface area contributed by atoms with Crippen LogP contribution >= 0.6 is 0 Å². The van der Waals surface area contributed by atoms with Gasteiger partial charge in [0.05, 0.1) is 5.56 Å². The molecule has 4 nitrogen and oxygen atoms in total. The molecule has 0 aromatic heterocycles. The Balaban J connectivity index is 0.00000484. The van der Waals surface area contributed by atoms with Crippen LogP contribution in [-0.2, 0) is 11.3 Å². The second-order valence-corrected chi connectivity index (χ2v) is 6.36. The van der Waals surface area contributed by atoms with E-state index in [0.29, 0.717) is 0 Å². The van der Waals surface area contributed by atoms with E-state index in [1.807, 2.05) is 0 Å². The number of carbonyl (C=O) groups is 1. The molecule has 1 amide bonds. The summed E-state index contributed by atoms with van der Waals surface area (Å²) in [5, 5.41) is 10.2. The van der Waals surface area contributed by atoms with Crippen LogP contribution in [-0.4, -0.2) is 17.4 Å². The summed E-state index contributed by atoms with van der Waals surface area (Å²) in [5.41, 5.74) is -0.796. The average molecular weight is 328 g/mol. The van der Waals surface area contributed by atoms with Gasteiger partial charge < -0.3 is 15.5 Å². The lowest BCUT2D eigenvalue weighted by Gasteiger charge is -2.19. The minimum Gasteiger partial charge on any atom is -0.444 e. The predicted octanol–water partition coefficient (Wildman–Crippen LogP) is 4.65. The molecule has 0 saturated heterocycles. The highest BCUT2D eigenvalue weighted by molar-refractivity contribution is 6.00. The van der Waals surface area contributed by atoms with Gasteiger partial charge >= 0.3 is 6.09 Å². The van der Waals surface area contributed by atoms with Crippen molar-refractivity contribution in [3.8, 4) is 0 Å². The summed E-state index contributed by atoms with van der Waals surface area (Å²) in [5.74, 6) is -1.89. The summed E-state index contributed by atoms with van der Waals surface area (Å²) < 4.78 is 33.0. The third kappa shape index (κ3) is 6.34. The summed E-state index contributed by atoms with van der Waals surface area (Å²) in [4.78, 5) is 11.5. The lowest BCUT2D eigenvalue weighted by Crippen LogP contribution is -2.32. The predicted molar refractivity (Wildman–Crippen MR) is 87.8 cm³/mol. The standard InChI is InChI=1S/C16H22F2N2O2.CH4/c1-9(2)14(19)13-11(17)6-10(7-12(13)18)8-20-15(21)22-16(3,4)5;/h6-7,9,19H,8H2,1-5H3,(H,20,21);1H4. The first-order valence-corrected chi connectivity index (χ1v) is 7.05. The highest BCUT2D eigenvalue weighted by atomic mass is 19.1. The van der Waals surface area contributed by atoms with Gasteiger partial charge in [-0.15, -0.1) is 0 Å². The molecule has 130 valence electrons. The number of rotatable bonds is 4. The van der Waals surface area contributed by atoms with Crippen LogP contribution in [0.5, 0.6) is 0 Å². The average Bonchev–Trinajstić information content (AvgIpc) is 2.33. The number of alkyl carbamates (subject to hydrolysis) is 1. The zero-order chi connectivity index (χ0) is 17.1. The SMILES string of the molecule is C.CC(C)C(=N)c1c(F)cc(CNC(=O)OC(C)(C)C)cc1F. The van der Waals surface area contributed by atoms with Gasteiger partial charge in [0, 0.05) is 12.3 Å². The number of hydrogen-bond acceptors (Lipinski definition) is 3. The highest BCUT2D eigenvalue weighted by Gasteiger charge is 2.19. The van der Waals surface area contributed by atoms with Gasteiger partial charge in [0.1, 0.15) is 17.2 Å². The molecular weight excluding hydrogens is 302 g/mol. The van der Waals surface area contributed by atoms with Crippen LogP contribution in [0.25, 0.3) is 0 Å². The lowest BCUT2D eigenvalue weighted by molar-refractivity contribution is 0.0523. The van der Waals surface area contributed by atoms with E-state index in [4.69, 9.17) is 10.1 Å². The van der Waals surface area contributed by atoms with Crippen LogP contribution in [0.1, 0.15) is 53.2 Å².